The molecule has 18 heavy (non-hydrogen) atoms. The third-order valence-electron chi connectivity index (χ3n) is 2.11. The van der Waals surface area contributed by atoms with Crippen molar-refractivity contribution in [3.63, 3.8) is 0 Å². The van der Waals surface area contributed by atoms with E-state index in [-0.39, 0.29) is 5.56 Å². The molecule has 1 atom stereocenters. The molecule has 0 unspecified atom stereocenters. The number of carbonyl (C=O) groups excluding carboxylic acids is 2. The van der Waals surface area contributed by atoms with Gasteiger partial charge in [-0.2, -0.15) is 0 Å². The Morgan fingerprint density at radius 3 is 2.56 bits per heavy atom. The van der Waals surface area contributed by atoms with Gasteiger partial charge in [-0.25, -0.2) is 4.39 Å². The number of benzene rings is 1. The maximum Gasteiger partial charge on any atom is 0.305 e. The highest BCUT2D eigenvalue weighted by Crippen LogP contribution is 2.04. The van der Waals surface area contributed by atoms with Crippen molar-refractivity contribution in [1.82, 2.24) is 5.32 Å². The quantitative estimate of drug-likeness (QED) is 0.680. The lowest BCUT2D eigenvalue weighted by Crippen LogP contribution is -2.45. The Balaban J connectivity index is 2.78. The van der Waals surface area contributed by atoms with Gasteiger partial charge in [-0.3, -0.25) is 14.4 Å². The van der Waals surface area contributed by atoms with Crippen LogP contribution in [-0.4, -0.2) is 28.9 Å². The molecule has 0 aliphatic carbocycles. The van der Waals surface area contributed by atoms with Gasteiger partial charge in [0.2, 0.25) is 5.91 Å². The second-order valence-corrected chi connectivity index (χ2v) is 3.54. The van der Waals surface area contributed by atoms with Gasteiger partial charge < -0.3 is 16.2 Å². The van der Waals surface area contributed by atoms with E-state index in [1.54, 1.807) is 0 Å². The molecule has 7 heteroatoms. The first kappa shape index (κ1) is 13.6. The van der Waals surface area contributed by atoms with Crippen LogP contribution in [0.25, 0.3) is 0 Å². The van der Waals surface area contributed by atoms with Crippen LogP contribution in [0.1, 0.15) is 16.8 Å². The molecule has 0 bridgehead atoms. The molecule has 0 aromatic heterocycles. The zero-order valence-electron chi connectivity index (χ0n) is 9.22. The van der Waals surface area contributed by atoms with Gasteiger partial charge in [0.05, 0.1) is 6.42 Å². The second kappa shape index (κ2) is 5.76. The molecule has 0 aliphatic heterocycles. The summed E-state index contributed by atoms with van der Waals surface area (Å²) in [5, 5.41) is 10.7. The van der Waals surface area contributed by atoms with Crippen molar-refractivity contribution in [2.24, 2.45) is 5.73 Å². The number of carboxylic acid groups (broad SMARTS) is 1. The molecule has 0 saturated heterocycles. The summed E-state index contributed by atoms with van der Waals surface area (Å²) in [6.07, 6.45) is -0.629. The van der Waals surface area contributed by atoms with E-state index in [1.165, 1.54) is 12.1 Å². The lowest BCUT2D eigenvalue weighted by molar-refractivity contribution is -0.139. The topological polar surface area (TPSA) is 109 Å². The van der Waals surface area contributed by atoms with Gasteiger partial charge >= 0.3 is 5.97 Å². The molecule has 0 spiro atoms. The van der Waals surface area contributed by atoms with Crippen LogP contribution < -0.4 is 11.1 Å². The molecule has 1 aromatic carbocycles. The van der Waals surface area contributed by atoms with Crippen molar-refractivity contribution in [1.29, 1.82) is 0 Å². The largest absolute Gasteiger partial charge is 0.481 e. The van der Waals surface area contributed by atoms with Crippen molar-refractivity contribution in [2.45, 2.75) is 12.5 Å². The molecule has 0 heterocycles. The molecule has 0 fully saturated rings. The number of rotatable bonds is 5. The number of amides is 2. The number of carbonyl (C=O) groups is 3. The van der Waals surface area contributed by atoms with Crippen LogP contribution in [-0.2, 0) is 9.59 Å². The number of aliphatic carboxylic acids is 1. The van der Waals surface area contributed by atoms with E-state index in [1.807, 2.05) is 0 Å². The zero-order chi connectivity index (χ0) is 13.7. The molecule has 1 aromatic rings. The molecule has 96 valence electrons. The van der Waals surface area contributed by atoms with Crippen LogP contribution in [0.15, 0.2) is 24.3 Å². The van der Waals surface area contributed by atoms with Gasteiger partial charge in [0.1, 0.15) is 11.9 Å². The molecule has 4 N–H and O–H groups in total. The lowest BCUT2D eigenvalue weighted by Gasteiger charge is -2.13. The maximum atomic E-state index is 12.9. The summed E-state index contributed by atoms with van der Waals surface area (Å²) in [7, 11) is 0. The van der Waals surface area contributed by atoms with E-state index >= 15 is 0 Å². The summed E-state index contributed by atoms with van der Waals surface area (Å²) < 4.78 is 12.9. The predicted molar refractivity (Wildman–Crippen MR) is 59.1 cm³/mol. The minimum Gasteiger partial charge on any atom is -0.481 e. The highest BCUT2D eigenvalue weighted by Gasteiger charge is 2.21. The van der Waals surface area contributed by atoms with Crippen molar-refractivity contribution in [3.05, 3.63) is 35.6 Å². The predicted octanol–water partition coefficient (Wildman–Crippen LogP) is -0.116. The van der Waals surface area contributed by atoms with Crippen molar-refractivity contribution in [3.8, 4) is 0 Å². The molecule has 0 aliphatic rings. The monoisotopic (exact) mass is 254 g/mol. The van der Waals surface area contributed by atoms with Gasteiger partial charge in [-0.05, 0) is 18.2 Å². The second-order valence-electron chi connectivity index (χ2n) is 3.54. The smallest absolute Gasteiger partial charge is 0.305 e. The van der Waals surface area contributed by atoms with Crippen LogP contribution in [0, 0.1) is 5.82 Å². The molecular formula is C11H11FN2O4. The maximum absolute atomic E-state index is 12.9. The van der Waals surface area contributed by atoms with Gasteiger partial charge in [0.15, 0.2) is 0 Å². The van der Waals surface area contributed by atoms with E-state index in [4.69, 9.17) is 10.8 Å². The summed E-state index contributed by atoms with van der Waals surface area (Å²) in [4.78, 5) is 33.0. The number of carboxylic acids is 1. The molecular weight excluding hydrogens is 243 g/mol. The van der Waals surface area contributed by atoms with Gasteiger partial charge in [0.25, 0.3) is 5.91 Å². The zero-order valence-corrected chi connectivity index (χ0v) is 9.22. The normalized spacial score (nSPS) is 11.6. The number of hydrogen-bond donors (Lipinski definition) is 3. The van der Waals surface area contributed by atoms with E-state index in [0.29, 0.717) is 0 Å². The standard InChI is InChI=1S/C11H11FN2O4/c12-7-3-1-2-6(4-7)11(18)14-8(10(13)17)5-9(15)16/h1-4,8H,5H2,(H2,13,17)(H,14,18)(H,15,16)/t8-/m1/s1. The minimum absolute atomic E-state index is 0.0216. The van der Waals surface area contributed by atoms with Crippen molar-refractivity contribution >= 4 is 17.8 Å². The Morgan fingerprint density at radius 2 is 2.06 bits per heavy atom. The molecule has 2 amide bonds. The third-order valence-corrected chi connectivity index (χ3v) is 2.11. The molecule has 1 rings (SSSR count). The summed E-state index contributed by atoms with van der Waals surface area (Å²) in [6, 6.07) is 3.43. The van der Waals surface area contributed by atoms with Crippen LogP contribution >= 0.6 is 0 Å². The van der Waals surface area contributed by atoms with Crippen molar-refractivity contribution < 1.29 is 23.9 Å². The first-order valence-electron chi connectivity index (χ1n) is 4.97. The lowest BCUT2D eigenvalue weighted by atomic mass is 10.1. The van der Waals surface area contributed by atoms with Crippen LogP contribution in [0.2, 0.25) is 0 Å². The SMILES string of the molecule is NC(=O)[C@@H](CC(=O)O)NC(=O)c1cccc(F)c1. The molecule has 0 radical (unpaired) electrons. The number of halogens is 1. The van der Waals surface area contributed by atoms with Gasteiger partial charge in [0, 0.05) is 5.56 Å². The first-order chi connectivity index (χ1) is 8.40. The summed E-state index contributed by atoms with van der Waals surface area (Å²) in [5.74, 6) is -3.63. The third kappa shape index (κ3) is 3.85. The average Bonchev–Trinajstić information content (AvgIpc) is 2.27. The Labute approximate surface area is 102 Å². The van der Waals surface area contributed by atoms with Gasteiger partial charge in [-0.1, -0.05) is 6.07 Å². The van der Waals surface area contributed by atoms with Gasteiger partial charge in [-0.15, -0.1) is 0 Å². The fraction of sp³-hybridized carbons (Fsp3) is 0.182. The average molecular weight is 254 g/mol. The highest BCUT2D eigenvalue weighted by molar-refractivity contribution is 5.98. The van der Waals surface area contributed by atoms with Crippen LogP contribution in [0.3, 0.4) is 0 Å². The number of nitrogens with one attached hydrogen (secondary N) is 1. The summed E-state index contributed by atoms with van der Waals surface area (Å²) >= 11 is 0. The minimum atomic E-state index is -1.33. The fourth-order valence-corrected chi connectivity index (χ4v) is 1.27. The Hall–Kier alpha value is -2.44. The van der Waals surface area contributed by atoms with Crippen molar-refractivity contribution in [2.75, 3.05) is 0 Å². The Morgan fingerprint density at radius 1 is 1.39 bits per heavy atom. The van der Waals surface area contributed by atoms with E-state index in [2.05, 4.69) is 5.32 Å². The summed E-state index contributed by atoms with van der Waals surface area (Å²) in [5.41, 5.74) is 4.93. The van der Waals surface area contributed by atoms with E-state index < -0.39 is 36.1 Å². The number of primary amides is 1. The Bertz CT molecular complexity index is 490. The fourth-order valence-electron chi connectivity index (χ4n) is 1.27. The van der Waals surface area contributed by atoms with E-state index in [0.717, 1.165) is 12.1 Å². The first-order valence-corrected chi connectivity index (χ1v) is 4.97. The number of nitrogens with two attached hydrogens (primary N) is 1. The highest BCUT2D eigenvalue weighted by atomic mass is 19.1. The van der Waals surface area contributed by atoms with Crippen LogP contribution in [0.4, 0.5) is 4.39 Å². The van der Waals surface area contributed by atoms with Crippen LogP contribution in [0.5, 0.6) is 0 Å². The summed E-state index contributed by atoms with van der Waals surface area (Å²) in [6.45, 7) is 0. The Kier molecular flexibility index (Phi) is 4.36. The molecule has 0 saturated carbocycles. The number of hydrogen-bond acceptors (Lipinski definition) is 3. The van der Waals surface area contributed by atoms with E-state index in [9.17, 15) is 18.8 Å². The molecule has 6 nitrogen and oxygen atoms in total.